The molecule has 1 amide bonds. The van der Waals surface area contributed by atoms with E-state index in [2.05, 4.69) is 16.5 Å². The molecule has 9 nitrogen and oxygen atoms in total. The van der Waals surface area contributed by atoms with Crippen molar-refractivity contribution in [3.05, 3.63) is 82.6 Å². The number of hydrogen-bond donors (Lipinski definition) is 0. The van der Waals surface area contributed by atoms with Gasteiger partial charge in [-0.05, 0) is 61.1 Å². The van der Waals surface area contributed by atoms with Crippen molar-refractivity contribution in [1.29, 1.82) is 0 Å². The van der Waals surface area contributed by atoms with Crippen LogP contribution in [0, 0.1) is 11.6 Å². The third kappa shape index (κ3) is 4.99. The van der Waals surface area contributed by atoms with E-state index in [1.165, 1.54) is 28.8 Å². The Morgan fingerprint density at radius 3 is 2.75 bits per heavy atom. The fourth-order valence-electron chi connectivity index (χ4n) is 6.21. The van der Waals surface area contributed by atoms with E-state index in [1.54, 1.807) is 17.2 Å². The van der Waals surface area contributed by atoms with Crippen LogP contribution in [0.3, 0.4) is 0 Å². The molecule has 1 saturated heterocycles. The van der Waals surface area contributed by atoms with Crippen LogP contribution in [0.1, 0.15) is 50.8 Å². The lowest BCUT2D eigenvalue weighted by molar-refractivity contribution is -0.126. The van der Waals surface area contributed by atoms with Crippen molar-refractivity contribution in [2.75, 3.05) is 31.1 Å². The summed E-state index contributed by atoms with van der Waals surface area (Å²) in [5.74, 6) is -1.26. The number of aryl methyl sites for hydroxylation is 1. The monoisotopic (exact) mass is 600 g/mol. The lowest BCUT2D eigenvalue weighted by atomic mass is 10.0. The molecule has 44 heavy (non-hydrogen) atoms. The van der Waals surface area contributed by atoms with Crippen LogP contribution in [0.15, 0.2) is 54.0 Å². The van der Waals surface area contributed by atoms with E-state index in [0.29, 0.717) is 55.7 Å². The van der Waals surface area contributed by atoms with Crippen LogP contribution in [0.25, 0.3) is 28.0 Å². The number of piperazine rings is 1. The van der Waals surface area contributed by atoms with Crippen molar-refractivity contribution in [3.8, 4) is 22.7 Å². The van der Waals surface area contributed by atoms with E-state index in [-0.39, 0.29) is 52.9 Å². The van der Waals surface area contributed by atoms with Crippen molar-refractivity contribution in [2.45, 2.75) is 52.0 Å². The van der Waals surface area contributed by atoms with Gasteiger partial charge in [0.2, 0.25) is 5.91 Å². The van der Waals surface area contributed by atoms with Gasteiger partial charge in [0.05, 0.1) is 28.9 Å². The Morgan fingerprint density at radius 2 is 2.00 bits per heavy atom. The summed E-state index contributed by atoms with van der Waals surface area (Å²) in [4.78, 5) is 44.2. The number of benzene rings is 1. The molecule has 6 rings (SSSR count). The summed E-state index contributed by atoms with van der Waals surface area (Å²) in [5, 5.41) is 0.299. The number of ether oxygens (including phenoxy) is 1. The molecule has 11 heteroatoms. The predicted molar refractivity (Wildman–Crippen MR) is 164 cm³/mol. The molecule has 1 fully saturated rings. The van der Waals surface area contributed by atoms with Gasteiger partial charge in [0.1, 0.15) is 23.1 Å². The maximum Gasteiger partial charge on any atom is 0.355 e. The maximum absolute atomic E-state index is 16.2. The quantitative estimate of drug-likeness (QED) is 0.298. The molecule has 5 heterocycles. The van der Waals surface area contributed by atoms with Gasteiger partial charge in [-0.3, -0.25) is 9.78 Å². The number of carbonyl (C=O) groups is 1. The van der Waals surface area contributed by atoms with Gasteiger partial charge in [0.15, 0.2) is 11.5 Å². The molecule has 228 valence electrons. The second kappa shape index (κ2) is 11.8. The number of carbonyl (C=O) groups excluding carboxylic acids is 1. The number of halogens is 2. The Hall–Kier alpha value is -4.67. The first-order valence-electron chi connectivity index (χ1n) is 14.9. The number of nitrogens with zero attached hydrogens (tertiary/aromatic N) is 6. The van der Waals surface area contributed by atoms with Crippen LogP contribution >= 0.6 is 0 Å². The van der Waals surface area contributed by atoms with Crippen molar-refractivity contribution in [1.82, 2.24) is 24.4 Å². The highest BCUT2D eigenvalue weighted by atomic mass is 19.1. The predicted octanol–water partition coefficient (Wildman–Crippen LogP) is 5.18. The molecule has 4 aromatic rings. The number of anilines is 1. The van der Waals surface area contributed by atoms with Crippen LogP contribution in [0.5, 0.6) is 5.75 Å². The molecule has 3 aromatic heterocycles. The van der Waals surface area contributed by atoms with E-state index in [1.807, 2.05) is 31.7 Å². The van der Waals surface area contributed by atoms with E-state index in [0.717, 1.165) is 5.56 Å². The number of amides is 1. The highest BCUT2D eigenvalue weighted by Crippen LogP contribution is 2.38. The second-order valence-electron chi connectivity index (χ2n) is 11.4. The molecule has 0 spiro atoms. The van der Waals surface area contributed by atoms with Gasteiger partial charge >= 0.3 is 5.69 Å². The van der Waals surface area contributed by atoms with Gasteiger partial charge in [-0.25, -0.2) is 23.1 Å². The number of rotatable bonds is 4. The zero-order valence-electron chi connectivity index (χ0n) is 25.0. The summed E-state index contributed by atoms with van der Waals surface area (Å²) >= 11 is 0. The molecule has 2 aliphatic rings. The normalized spacial score (nSPS) is 16.6. The fraction of sp³-hybridized carbons (Fsp3) is 0.364. The summed E-state index contributed by atoms with van der Waals surface area (Å²) in [6.45, 7) is 10.9. The highest BCUT2D eigenvalue weighted by molar-refractivity contribution is 5.91. The minimum absolute atomic E-state index is 0.0613. The van der Waals surface area contributed by atoms with Gasteiger partial charge in [-0.2, -0.15) is 4.98 Å². The first-order chi connectivity index (χ1) is 21.2. The summed E-state index contributed by atoms with van der Waals surface area (Å²) in [7, 11) is 0. The lowest BCUT2D eigenvalue weighted by Crippen LogP contribution is -2.55. The molecular weight excluding hydrogens is 566 g/mol. The fourth-order valence-corrected chi connectivity index (χ4v) is 6.21. The molecule has 2 bridgehead atoms. The van der Waals surface area contributed by atoms with Crippen molar-refractivity contribution >= 4 is 22.8 Å². The topological polar surface area (TPSA) is 93.5 Å². The standard InChI is InChI=1S/C33H34F2N6O3/c1-5-21-18-39(26(42)6-2)14-15-40(21)31-22-17-24(35)29-27-23(34)10-7-11-25(27)44-16-8-9-20-12-13-36-28(19(3)4)30(20)41(32(22)37-29)33(43)38-31/h6-7,10-13,17,19,21H,2,5,8-9,14-16,18H2,1,3-4H3/t21-/m0/s1. The van der Waals surface area contributed by atoms with Gasteiger partial charge in [0, 0.05) is 31.9 Å². The summed E-state index contributed by atoms with van der Waals surface area (Å²) in [6, 6.07) is 7.27. The maximum atomic E-state index is 16.2. The van der Waals surface area contributed by atoms with Crippen molar-refractivity contribution in [3.63, 3.8) is 0 Å². The molecule has 0 saturated carbocycles. The molecular formula is C33H34F2N6O3. The zero-order valence-corrected chi connectivity index (χ0v) is 25.0. The SMILES string of the molecule is C=CC(=O)N1CCN(c2nc(=O)n3c4nc(c(F)cc24)-c2c(F)cccc2OCCCc2ccnc(C(C)C)c2-3)[C@@H](CC)C1. The van der Waals surface area contributed by atoms with Crippen LogP contribution < -0.4 is 15.3 Å². The number of fused-ring (bicyclic) bond motifs is 5. The number of pyridine rings is 2. The Kier molecular flexibility index (Phi) is 7.87. The summed E-state index contributed by atoms with van der Waals surface area (Å²) in [6.07, 6.45) is 4.74. The first kappa shape index (κ1) is 29.4. The third-order valence-corrected chi connectivity index (χ3v) is 8.38. The average molecular weight is 601 g/mol. The van der Waals surface area contributed by atoms with Crippen LogP contribution in [-0.2, 0) is 11.2 Å². The minimum Gasteiger partial charge on any atom is -0.493 e. The second-order valence-corrected chi connectivity index (χ2v) is 11.4. The summed E-state index contributed by atoms with van der Waals surface area (Å²) in [5.41, 5.74) is 1.23. The van der Waals surface area contributed by atoms with Crippen molar-refractivity contribution < 1.29 is 18.3 Å². The Balaban J connectivity index is 1.69. The van der Waals surface area contributed by atoms with Gasteiger partial charge in [-0.15, -0.1) is 0 Å². The number of hydrogen-bond acceptors (Lipinski definition) is 7. The first-order valence-corrected chi connectivity index (χ1v) is 14.9. The summed E-state index contributed by atoms with van der Waals surface area (Å²) < 4.78 is 39.0. The molecule has 1 atom stereocenters. The van der Waals surface area contributed by atoms with Gasteiger partial charge < -0.3 is 14.5 Å². The molecule has 0 aliphatic carbocycles. The van der Waals surface area contributed by atoms with Gasteiger partial charge in [-0.1, -0.05) is 33.4 Å². The van der Waals surface area contributed by atoms with E-state index in [9.17, 15) is 9.59 Å². The van der Waals surface area contributed by atoms with E-state index in [4.69, 9.17) is 9.72 Å². The lowest BCUT2D eigenvalue weighted by Gasteiger charge is -2.42. The average Bonchev–Trinajstić information content (AvgIpc) is 3.01. The molecule has 0 N–H and O–H groups in total. The Bertz CT molecular complexity index is 1840. The van der Waals surface area contributed by atoms with Gasteiger partial charge in [0.25, 0.3) is 0 Å². The van der Waals surface area contributed by atoms with Crippen LogP contribution in [0.4, 0.5) is 14.6 Å². The minimum atomic E-state index is -0.776. The molecule has 2 aliphatic heterocycles. The zero-order chi connectivity index (χ0) is 31.1. The Labute approximate surface area is 253 Å². The largest absolute Gasteiger partial charge is 0.493 e. The number of aromatic nitrogens is 4. The molecule has 1 aromatic carbocycles. The van der Waals surface area contributed by atoms with Crippen LogP contribution in [-0.4, -0.2) is 62.6 Å². The highest BCUT2D eigenvalue weighted by Gasteiger charge is 2.32. The molecule has 0 radical (unpaired) electrons. The Morgan fingerprint density at radius 1 is 1.18 bits per heavy atom. The van der Waals surface area contributed by atoms with E-state index >= 15 is 8.78 Å². The smallest absolute Gasteiger partial charge is 0.355 e. The van der Waals surface area contributed by atoms with E-state index < -0.39 is 17.3 Å². The molecule has 0 unspecified atom stereocenters. The van der Waals surface area contributed by atoms with Crippen LogP contribution in [0.2, 0.25) is 0 Å². The third-order valence-electron chi connectivity index (χ3n) is 8.38. The van der Waals surface area contributed by atoms with Crippen molar-refractivity contribution in [2.24, 2.45) is 0 Å².